The number of unbranched alkanes of at least 4 members (excludes halogenated alkanes) is 5. The van der Waals surface area contributed by atoms with E-state index in [0.29, 0.717) is 36.5 Å². The molecule has 8 heteroatoms. The van der Waals surface area contributed by atoms with Gasteiger partial charge in [0.25, 0.3) is 0 Å². The zero-order chi connectivity index (χ0) is 20.4. The van der Waals surface area contributed by atoms with Crippen LogP contribution in [0, 0.1) is 0 Å². The van der Waals surface area contributed by atoms with Crippen LogP contribution in [0.25, 0.3) is 11.0 Å². The molecule has 156 valence electrons. The third-order valence-corrected chi connectivity index (χ3v) is 5.44. The molecule has 0 aliphatic rings. The summed E-state index contributed by atoms with van der Waals surface area (Å²) in [6.45, 7) is 7.07. The molecular formula is C20H32N4O3S. The van der Waals surface area contributed by atoms with Crippen LogP contribution in [-0.2, 0) is 16.6 Å². The van der Waals surface area contributed by atoms with Gasteiger partial charge in [-0.15, -0.1) is 11.8 Å². The largest absolute Gasteiger partial charge is 0.476 e. The monoisotopic (exact) mass is 408 g/mol. The Morgan fingerprint density at radius 1 is 1.14 bits per heavy atom. The maximum atomic E-state index is 11.7. The number of esters is 1. The van der Waals surface area contributed by atoms with Crippen molar-refractivity contribution in [1.82, 2.24) is 19.7 Å². The van der Waals surface area contributed by atoms with Crippen molar-refractivity contribution >= 4 is 28.8 Å². The highest BCUT2D eigenvalue weighted by Gasteiger charge is 2.19. The molecule has 7 nitrogen and oxygen atoms in total. The zero-order valence-corrected chi connectivity index (χ0v) is 18.3. The summed E-state index contributed by atoms with van der Waals surface area (Å²) in [4.78, 5) is 20.4. The molecule has 0 aliphatic heterocycles. The Balaban J connectivity index is 1.97. The first kappa shape index (κ1) is 22.5. The van der Waals surface area contributed by atoms with E-state index in [0.717, 1.165) is 11.4 Å². The van der Waals surface area contributed by atoms with Crippen LogP contribution < -0.4 is 4.74 Å². The standard InChI is InChI=1S/C20H32N4O3S/c1-5-7-8-9-10-11-12-27-20-18-17(23-24(20)4)19(22-14-21-18)28-15(3)13-16(25)26-6-2/h14-15H,5-13H2,1-4H3. The number of hydrogen-bond acceptors (Lipinski definition) is 7. The SMILES string of the molecule is CCCCCCCCOc1c2ncnc(SC(C)CC(=O)OCC)c2nn1C. The highest BCUT2D eigenvalue weighted by Crippen LogP contribution is 2.32. The average Bonchev–Trinajstić information content (AvgIpc) is 2.97. The van der Waals surface area contributed by atoms with E-state index in [-0.39, 0.29) is 11.2 Å². The van der Waals surface area contributed by atoms with E-state index in [1.165, 1.54) is 50.2 Å². The molecule has 0 radical (unpaired) electrons. The van der Waals surface area contributed by atoms with E-state index in [2.05, 4.69) is 22.0 Å². The van der Waals surface area contributed by atoms with Crippen molar-refractivity contribution < 1.29 is 14.3 Å². The van der Waals surface area contributed by atoms with Gasteiger partial charge in [-0.05, 0) is 13.3 Å². The van der Waals surface area contributed by atoms with Gasteiger partial charge in [0.15, 0.2) is 5.52 Å². The minimum Gasteiger partial charge on any atom is -0.476 e. The van der Waals surface area contributed by atoms with Gasteiger partial charge in [0.2, 0.25) is 5.88 Å². The first-order valence-electron chi connectivity index (χ1n) is 10.2. The number of aryl methyl sites for hydroxylation is 1. The van der Waals surface area contributed by atoms with Crippen LogP contribution in [0.1, 0.15) is 65.7 Å². The average molecular weight is 409 g/mol. The Labute approximate surface area is 171 Å². The fourth-order valence-electron chi connectivity index (χ4n) is 2.94. The lowest BCUT2D eigenvalue weighted by Gasteiger charge is -2.09. The molecule has 2 heterocycles. The van der Waals surface area contributed by atoms with Crippen molar-refractivity contribution in [2.45, 2.75) is 76.0 Å². The summed E-state index contributed by atoms with van der Waals surface area (Å²) in [6, 6.07) is 0. The van der Waals surface area contributed by atoms with E-state index >= 15 is 0 Å². The first-order valence-corrected chi connectivity index (χ1v) is 11.1. The van der Waals surface area contributed by atoms with Crippen LogP contribution in [0.4, 0.5) is 0 Å². The van der Waals surface area contributed by atoms with Crippen molar-refractivity contribution in [1.29, 1.82) is 0 Å². The van der Waals surface area contributed by atoms with E-state index in [1.807, 2.05) is 20.9 Å². The smallest absolute Gasteiger partial charge is 0.306 e. The highest BCUT2D eigenvalue weighted by atomic mass is 32.2. The summed E-state index contributed by atoms with van der Waals surface area (Å²) >= 11 is 1.51. The van der Waals surface area contributed by atoms with Crippen molar-refractivity contribution in [3.05, 3.63) is 6.33 Å². The molecule has 1 unspecified atom stereocenters. The lowest BCUT2D eigenvalue weighted by molar-refractivity contribution is -0.142. The molecule has 0 fully saturated rings. The molecule has 2 aromatic heterocycles. The Kier molecular flexibility index (Phi) is 9.54. The van der Waals surface area contributed by atoms with Gasteiger partial charge < -0.3 is 9.47 Å². The minimum absolute atomic E-state index is 0.0339. The second-order valence-corrected chi connectivity index (χ2v) is 8.29. The molecule has 0 N–H and O–H groups in total. The Bertz CT molecular complexity index is 750. The number of carbonyl (C=O) groups is 1. The fourth-order valence-corrected chi connectivity index (χ4v) is 3.90. The van der Waals surface area contributed by atoms with Crippen molar-refractivity contribution in [2.75, 3.05) is 13.2 Å². The number of nitrogens with zero attached hydrogens (tertiary/aromatic N) is 4. The van der Waals surface area contributed by atoms with Gasteiger partial charge in [0.1, 0.15) is 16.9 Å². The quantitative estimate of drug-likeness (QED) is 0.208. The summed E-state index contributed by atoms with van der Waals surface area (Å²) in [7, 11) is 1.86. The lowest BCUT2D eigenvalue weighted by Crippen LogP contribution is -2.10. The molecule has 0 spiro atoms. The number of hydrogen-bond donors (Lipinski definition) is 0. The summed E-state index contributed by atoms with van der Waals surface area (Å²) in [5.74, 6) is 0.475. The van der Waals surface area contributed by atoms with Gasteiger partial charge >= 0.3 is 5.97 Å². The third kappa shape index (κ3) is 6.65. The molecule has 2 aromatic rings. The number of carbonyl (C=O) groups excluding carboxylic acids is 1. The Hall–Kier alpha value is -1.83. The summed E-state index contributed by atoms with van der Waals surface area (Å²) in [5, 5.41) is 5.34. The van der Waals surface area contributed by atoms with Crippen molar-refractivity contribution in [2.24, 2.45) is 7.05 Å². The Morgan fingerprint density at radius 2 is 1.89 bits per heavy atom. The maximum absolute atomic E-state index is 11.7. The molecule has 2 rings (SSSR count). The van der Waals surface area contributed by atoms with Gasteiger partial charge in [0.05, 0.1) is 19.6 Å². The normalized spacial score (nSPS) is 12.3. The topological polar surface area (TPSA) is 79.1 Å². The Morgan fingerprint density at radius 3 is 2.64 bits per heavy atom. The highest BCUT2D eigenvalue weighted by molar-refractivity contribution is 8.00. The lowest BCUT2D eigenvalue weighted by atomic mass is 10.1. The predicted molar refractivity (Wildman–Crippen MR) is 112 cm³/mol. The number of ether oxygens (including phenoxy) is 2. The van der Waals surface area contributed by atoms with Gasteiger partial charge in [-0.25, -0.2) is 14.6 Å². The summed E-state index contributed by atoms with van der Waals surface area (Å²) in [5.41, 5.74) is 1.43. The van der Waals surface area contributed by atoms with Crippen LogP contribution >= 0.6 is 11.8 Å². The van der Waals surface area contributed by atoms with Gasteiger partial charge in [-0.3, -0.25) is 4.79 Å². The number of fused-ring (bicyclic) bond motifs is 1. The fraction of sp³-hybridized carbons (Fsp3) is 0.700. The second-order valence-electron chi connectivity index (χ2n) is 6.86. The molecule has 0 aromatic carbocycles. The zero-order valence-electron chi connectivity index (χ0n) is 17.4. The number of rotatable bonds is 13. The molecule has 0 saturated carbocycles. The second kappa shape index (κ2) is 11.9. The number of aromatic nitrogens is 4. The third-order valence-electron chi connectivity index (χ3n) is 4.34. The summed E-state index contributed by atoms with van der Waals surface area (Å²) in [6.07, 6.45) is 9.18. The van der Waals surface area contributed by atoms with E-state index < -0.39 is 0 Å². The van der Waals surface area contributed by atoms with Crippen molar-refractivity contribution in [3.63, 3.8) is 0 Å². The van der Waals surface area contributed by atoms with Crippen LogP contribution in [0.3, 0.4) is 0 Å². The van der Waals surface area contributed by atoms with Crippen molar-refractivity contribution in [3.8, 4) is 5.88 Å². The maximum Gasteiger partial charge on any atom is 0.306 e. The van der Waals surface area contributed by atoms with Gasteiger partial charge in [-0.2, -0.15) is 5.10 Å². The molecule has 1 atom stereocenters. The van der Waals surface area contributed by atoms with E-state index in [4.69, 9.17) is 9.47 Å². The predicted octanol–water partition coefficient (Wildman–Crippen LogP) is 4.54. The minimum atomic E-state index is -0.197. The van der Waals surface area contributed by atoms with Crippen LogP contribution in [0.15, 0.2) is 11.4 Å². The molecule has 0 bridgehead atoms. The van der Waals surface area contributed by atoms with E-state index in [9.17, 15) is 4.79 Å². The van der Waals surface area contributed by atoms with Gasteiger partial charge in [0, 0.05) is 12.3 Å². The van der Waals surface area contributed by atoms with Gasteiger partial charge in [-0.1, -0.05) is 46.0 Å². The number of thioether (sulfide) groups is 1. The molecule has 0 saturated heterocycles. The molecule has 28 heavy (non-hydrogen) atoms. The van der Waals surface area contributed by atoms with Crippen LogP contribution in [0.5, 0.6) is 5.88 Å². The molecule has 0 amide bonds. The molecule has 0 aliphatic carbocycles. The molecular weight excluding hydrogens is 376 g/mol. The summed E-state index contributed by atoms with van der Waals surface area (Å²) < 4.78 is 12.7. The first-order chi connectivity index (χ1) is 13.6. The van der Waals surface area contributed by atoms with Crippen LogP contribution in [0.2, 0.25) is 0 Å². The van der Waals surface area contributed by atoms with E-state index in [1.54, 1.807) is 4.68 Å². The van der Waals surface area contributed by atoms with Crippen LogP contribution in [-0.4, -0.2) is 44.2 Å².